The zero-order valence-corrected chi connectivity index (χ0v) is 39.0. The Hall–Kier alpha value is -8.35. The van der Waals surface area contributed by atoms with Crippen LogP contribution in [-0.4, -0.2) is 77.4 Å². The molecule has 0 aliphatic heterocycles. The second-order valence-electron chi connectivity index (χ2n) is 15.7. The molecule has 3 atom stereocenters. The van der Waals surface area contributed by atoms with E-state index in [4.69, 9.17) is 23.5 Å². The number of unbranched alkanes of at least 4 members (excludes halogenated alkanes) is 2. The van der Waals surface area contributed by atoms with E-state index in [0.717, 1.165) is 35.6 Å². The SMILES string of the molecule is CCCCC[C@@H](C(=O)NCNC(=O)c1ccc(-c2ccc(C(=O)N[C@@H](CC(=O)OCc3ccccc3)C(=O)OCc3ccccc3)c(OCC)c2)o1)[C@@H](CC)N(C=O)OC(=O)c1ccc([N+](=O)[O-])cc1. The van der Waals surface area contributed by atoms with Gasteiger partial charge in [-0.3, -0.25) is 34.1 Å². The third kappa shape index (κ3) is 15.3. The van der Waals surface area contributed by atoms with Gasteiger partial charge in [-0.25, -0.2) is 9.59 Å². The topological polar surface area (TPSA) is 252 Å². The Bertz CT molecular complexity index is 2570. The van der Waals surface area contributed by atoms with Crippen LogP contribution in [0.25, 0.3) is 11.3 Å². The molecule has 368 valence electrons. The minimum absolute atomic E-state index is 0.0293. The molecule has 0 fully saturated rings. The quantitative estimate of drug-likeness (QED) is 0.0117. The fraction of sp³-hybridized carbons (Fsp3) is 0.314. The number of carbonyl (C=O) groups is 7. The first-order chi connectivity index (χ1) is 33.8. The lowest BCUT2D eigenvalue weighted by molar-refractivity contribution is -0.384. The number of amides is 4. The van der Waals surface area contributed by atoms with Gasteiger partial charge in [0.15, 0.2) is 5.76 Å². The van der Waals surface area contributed by atoms with Gasteiger partial charge in [-0.05, 0) is 67.3 Å². The smallest absolute Gasteiger partial charge is 0.363 e. The van der Waals surface area contributed by atoms with Gasteiger partial charge in [-0.1, -0.05) is 99.8 Å². The predicted molar refractivity (Wildman–Crippen MR) is 252 cm³/mol. The standard InChI is InChI=1S/C51H55N5O14/c1-4-7-10-19-39(42(5-2)55(33-57)70-50(62)36-20-23-38(24-21-36)56(64)65)47(59)52-32-53-49(61)44-27-26-43(69-44)37-22-25-40(45(28-37)66-6-3)48(60)54-41(51(63)68-31-35-17-13-9-14-18-35)29-46(58)67-30-34-15-11-8-12-16-34/h8-9,11-18,20-28,33,39,41-42H,4-7,10,19,29-32H2,1-3H3,(H,52,59)(H,53,61)(H,54,60)/t39-,41+,42-/m1/s1. The first-order valence-corrected chi connectivity index (χ1v) is 22.7. The van der Waals surface area contributed by atoms with E-state index in [2.05, 4.69) is 16.0 Å². The van der Waals surface area contributed by atoms with E-state index in [9.17, 15) is 43.7 Å². The van der Waals surface area contributed by atoms with E-state index in [1.54, 1.807) is 68.4 Å². The van der Waals surface area contributed by atoms with Gasteiger partial charge in [0.2, 0.25) is 12.3 Å². The highest BCUT2D eigenvalue weighted by Gasteiger charge is 2.34. The van der Waals surface area contributed by atoms with Crippen molar-refractivity contribution in [1.29, 1.82) is 0 Å². The number of nitrogens with one attached hydrogen (secondary N) is 3. The van der Waals surface area contributed by atoms with Crippen molar-refractivity contribution in [3.05, 3.63) is 153 Å². The predicted octanol–water partition coefficient (Wildman–Crippen LogP) is 7.24. The molecule has 0 unspecified atom stereocenters. The summed E-state index contributed by atoms with van der Waals surface area (Å²) >= 11 is 0. The van der Waals surface area contributed by atoms with Crippen LogP contribution in [0.5, 0.6) is 5.75 Å². The molecule has 70 heavy (non-hydrogen) atoms. The Labute approximate surface area is 403 Å². The largest absolute Gasteiger partial charge is 0.493 e. The average Bonchev–Trinajstić information content (AvgIpc) is 3.88. The van der Waals surface area contributed by atoms with Crippen molar-refractivity contribution in [2.45, 2.75) is 84.6 Å². The Balaban J connectivity index is 1.23. The van der Waals surface area contributed by atoms with Crippen LogP contribution in [0.15, 0.2) is 120 Å². The molecule has 5 aromatic rings. The molecular formula is C51H55N5O14. The van der Waals surface area contributed by atoms with E-state index < -0.39 is 65.0 Å². The maximum atomic E-state index is 13.8. The van der Waals surface area contributed by atoms with E-state index in [1.165, 1.54) is 36.4 Å². The normalized spacial score (nSPS) is 12.0. The molecule has 4 amide bonds. The number of hydroxylamine groups is 2. The summed E-state index contributed by atoms with van der Waals surface area (Å²) in [7, 11) is 0. The molecule has 0 saturated heterocycles. The number of nitro benzene ring substituents is 1. The lowest BCUT2D eigenvalue weighted by Crippen LogP contribution is -2.49. The van der Waals surface area contributed by atoms with Crippen LogP contribution in [-0.2, 0) is 46.7 Å². The van der Waals surface area contributed by atoms with Gasteiger partial charge < -0.3 is 39.4 Å². The number of nitro groups is 1. The van der Waals surface area contributed by atoms with Crippen molar-refractivity contribution < 1.29 is 62.0 Å². The first kappa shape index (κ1) is 52.6. The molecule has 0 bridgehead atoms. The molecule has 3 N–H and O–H groups in total. The van der Waals surface area contributed by atoms with Gasteiger partial charge >= 0.3 is 17.9 Å². The van der Waals surface area contributed by atoms with Gasteiger partial charge in [0.1, 0.15) is 30.8 Å². The molecule has 4 aromatic carbocycles. The zero-order chi connectivity index (χ0) is 50.4. The van der Waals surface area contributed by atoms with Crippen molar-refractivity contribution in [2.75, 3.05) is 13.3 Å². The number of carbonyl (C=O) groups excluding carboxylic acids is 7. The van der Waals surface area contributed by atoms with Crippen LogP contribution in [0.4, 0.5) is 5.69 Å². The van der Waals surface area contributed by atoms with Crippen molar-refractivity contribution in [3.63, 3.8) is 0 Å². The summed E-state index contributed by atoms with van der Waals surface area (Å²) < 4.78 is 22.6. The Morgan fingerprint density at radius 1 is 0.786 bits per heavy atom. The van der Waals surface area contributed by atoms with Gasteiger partial charge in [-0.2, -0.15) is 5.06 Å². The summed E-state index contributed by atoms with van der Waals surface area (Å²) in [5.41, 5.74) is 1.61. The third-order valence-electron chi connectivity index (χ3n) is 10.9. The van der Waals surface area contributed by atoms with Crippen LogP contribution in [0, 0.1) is 16.0 Å². The summed E-state index contributed by atoms with van der Waals surface area (Å²) in [6.45, 7) is 5.09. The highest BCUT2D eigenvalue weighted by molar-refractivity contribution is 6.00. The van der Waals surface area contributed by atoms with Crippen LogP contribution in [0.3, 0.4) is 0 Å². The highest BCUT2D eigenvalue weighted by Crippen LogP contribution is 2.30. The minimum Gasteiger partial charge on any atom is -0.493 e. The van der Waals surface area contributed by atoms with Crippen molar-refractivity contribution in [2.24, 2.45) is 5.92 Å². The number of esters is 2. The Kier molecular flexibility index (Phi) is 20.2. The fourth-order valence-corrected chi connectivity index (χ4v) is 7.19. The Morgan fingerprint density at radius 3 is 2.07 bits per heavy atom. The second kappa shape index (κ2) is 26.9. The molecule has 5 rings (SSSR count). The van der Waals surface area contributed by atoms with E-state index in [-0.39, 0.29) is 67.0 Å². The number of rotatable bonds is 27. The summed E-state index contributed by atoms with van der Waals surface area (Å²) in [5.74, 6) is -5.13. The van der Waals surface area contributed by atoms with Crippen LogP contribution in [0.2, 0.25) is 0 Å². The highest BCUT2D eigenvalue weighted by atomic mass is 16.7. The molecule has 0 spiro atoms. The number of ether oxygens (including phenoxy) is 3. The van der Waals surface area contributed by atoms with Crippen molar-refractivity contribution in [3.8, 4) is 17.1 Å². The molecule has 1 heterocycles. The number of hydrogen-bond acceptors (Lipinski definition) is 14. The zero-order valence-electron chi connectivity index (χ0n) is 39.0. The summed E-state index contributed by atoms with van der Waals surface area (Å²) in [6.07, 6.45) is 2.55. The molecule has 0 saturated carbocycles. The number of benzene rings is 4. The maximum Gasteiger partial charge on any atom is 0.363 e. The third-order valence-corrected chi connectivity index (χ3v) is 10.9. The summed E-state index contributed by atoms with van der Waals surface area (Å²) in [5, 5.41) is 19.7. The van der Waals surface area contributed by atoms with E-state index in [1.807, 2.05) is 19.1 Å². The maximum absolute atomic E-state index is 13.8. The van der Waals surface area contributed by atoms with Gasteiger partial charge in [0.25, 0.3) is 17.5 Å². The Morgan fingerprint density at radius 2 is 1.46 bits per heavy atom. The van der Waals surface area contributed by atoms with Crippen LogP contribution >= 0.6 is 0 Å². The van der Waals surface area contributed by atoms with E-state index in [0.29, 0.717) is 30.4 Å². The van der Waals surface area contributed by atoms with Gasteiger partial charge in [0.05, 0.1) is 47.7 Å². The van der Waals surface area contributed by atoms with Gasteiger partial charge in [-0.15, -0.1) is 0 Å². The summed E-state index contributed by atoms with van der Waals surface area (Å²) in [6, 6.07) is 27.7. The second-order valence-corrected chi connectivity index (χ2v) is 15.7. The molecule has 0 aliphatic rings. The average molecular weight is 962 g/mol. The summed E-state index contributed by atoms with van der Waals surface area (Å²) in [4.78, 5) is 108. The van der Waals surface area contributed by atoms with Gasteiger partial charge in [0, 0.05) is 17.7 Å². The molecular weight excluding hydrogens is 907 g/mol. The molecule has 19 heteroatoms. The molecule has 1 aromatic heterocycles. The number of furan rings is 1. The van der Waals surface area contributed by atoms with Crippen molar-refractivity contribution >= 4 is 47.7 Å². The molecule has 0 aliphatic carbocycles. The molecule has 19 nitrogen and oxygen atoms in total. The minimum atomic E-state index is -1.42. The van der Waals surface area contributed by atoms with Crippen LogP contribution < -0.4 is 20.7 Å². The lowest BCUT2D eigenvalue weighted by Gasteiger charge is -2.31. The number of nitrogens with zero attached hydrogens (tertiary/aromatic N) is 2. The number of hydrogen-bond donors (Lipinski definition) is 3. The molecule has 0 radical (unpaired) electrons. The lowest BCUT2D eigenvalue weighted by atomic mass is 9.90. The monoisotopic (exact) mass is 961 g/mol. The van der Waals surface area contributed by atoms with Crippen LogP contribution in [0.1, 0.15) is 102 Å². The van der Waals surface area contributed by atoms with Crippen molar-refractivity contribution in [1.82, 2.24) is 21.0 Å². The number of non-ortho nitro benzene ring substituents is 1. The fourth-order valence-electron chi connectivity index (χ4n) is 7.19. The first-order valence-electron chi connectivity index (χ1n) is 22.7. The van der Waals surface area contributed by atoms with E-state index >= 15 is 0 Å².